The summed E-state index contributed by atoms with van der Waals surface area (Å²) in [7, 11) is 0.327. The normalized spacial score (nSPS) is 25.3. The van der Waals surface area contributed by atoms with Gasteiger partial charge in [0.1, 0.15) is 0 Å². The zero-order chi connectivity index (χ0) is 9.14. The van der Waals surface area contributed by atoms with Crippen LogP contribution < -0.4 is 5.90 Å². The molecule has 0 spiro atoms. The Morgan fingerprint density at radius 3 is 2.75 bits per heavy atom. The van der Waals surface area contributed by atoms with Gasteiger partial charge in [-0.05, 0) is 37.1 Å². The highest BCUT2D eigenvalue weighted by molar-refractivity contribution is 7.37. The van der Waals surface area contributed by atoms with Crippen molar-refractivity contribution >= 4 is 8.81 Å². The van der Waals surface area contributed by atoms with Gasteiger partial charge in [0.2, 0.25) is 0 Å². The fourth-order valence-corrected chi connectivity index (χ4v) is 2.39. The van der Waals surface area contributed by atoms with Crippen molar-refractivity contribution < 1.29 is 4.62 Å². The molecule has 0 aliphatic heterocycles. The summed E-state index contributed by atoms with van der Waals surface area (Å²) in [6, 6.07) is 0. The molecule has 0 saturated carbocycles. The maximum atomic E-state index is 5.08. The molecule has 0 aromatic heterocycles. The van der Waals surface area contributed by atoms with Gasteiger partial charge in [-0.2, -0.15) is 0 Å². The zero-order valence-electron chi connectivity index (χ0n) is 7.85. The smallest absolute Gasteiger partial charge is 0.0676 e. The fraction of sp³-hybridized carbons (Fsp3) is 0.556. The Labute approximate surface area is 75.7 Å². The van der Waals surface area contributed by atoms with E-state index >= 15 is 0 Å². The molecule has 1 aliphatic rings. The molecule has 0 amide bonds. The second-order valence-electron chi connectivity index (χ2n) is 3.41. The predicted molar refractivity (Wildman–Crippen MR) is 53.8 cm³/mol. The van der Waals surface area contributed by atoms with Gasteiger partial charge in [0.05, 0.1) is 8.81 Å². The van der Waals surface area contributed by atoms with Crippen molar-refractivity contribution in [2.24, 2.45) is 11.8 Å². The minimum absolute atomic E-state index is 0.327. The third-order valence-electron chi connectivity index (χ3n) is 2.18. The second-order valence-corrected chi connectivity index (χ2v) is 4.39. The minimum Gasteiger partial charge on any atom is -0.282 e. The molecule has 1 rings (SSSR count). The second kappa shape index (κ2) is 4.18. The fourth-order valence-electron chi connectivity index (χ4n) is 1.72. The average molecular weight is 185 g/mol. The van der Waals surface area contributed by atoms with E-state index in [-0.39, 0.29) is 0 Å². The number of nitrogens with two attached hydrogens (primary N) is 1. The first-order valence-corrected chi connectivity index (χ1v) is 5.05. The van der Waals surface area contributed by atoms with Gasteiger partial charge in [-0.15, -0.1) is 0 Å². The highest BCUT2D eigenvalue weighted by Gasteiger charge is 2.16. The first-order valence-electron chi connectivity index (χ1n) is 4.15. The largest absolute Gasteiger partial charge is 0.282 e. The molecule has 12 heavy (non-hydrogen) atoms. The summed E-state index contributed by atoms with van der Waals surface area (Å²) in [4.78, 5) is 0. The van der Waals surface area contributed by atoms with Crippen molar-refractivity contribution in [3.05, 3.63) is 22.5 Å². The van der Waals surface area contributed by atoms with Crippen molar-refractivity contribution in [3.8, 4) is 0 Å². The Hall–Kier alpha value is -0.170. The molecule has 1 aliphatic carbocycles. The lowest BCUT2D eigenvalue weighted by molar-refractivity contribution is 0.386. The van der Waals surface area contributed by atoms with Gasteiger partial charge in [-0.3, -0.25) is 4.62 Å². The molecule has 2 unspecified atom stereocenters. The lowest BCUT2D eigenvalue weighted by Crippen LogP contribution is -2.05. The van der Waals surface area contributed by atoms with Crippen LogP contribution in [-0.4, -0.2) is 0 Å². The molecule has 0 saturated heterocycles. The van der Waals surface area contributed by atoms with Crippen LogP contribution in [-0.2, 0) is 4.62 Å². The summed E-state index contributed by atoms with van der Waals surface area (Å²) in [5, 5.41) is 1.36. The first-order chi connectivity index (χ1) is 5.65. The van der Waals surface area contributed by atoms with Crippen LogP contribution in [0, 0.1) is 5.92 Å². The lowest BCUT2D eigenvalue weighted by atomic mass is 9.93. The van der Waals surface area contributed by atoms with Crippen LogP contribution in [0.5, 0.6) is 0 Å². The van der Waals surface area contributed by atoms with Gasteiger partial charge in [-0.1, -0.05) is 18.6 Å². The number of allylic oxidation sites excluding steroid dienone is 4. The molecule has 0 aromatic carbocycles. The Balaban J connectivity index is 2.84. The van der Waals surface area contributed by atoms with Gasteiger partial charge in [0.25, 0.3) is 0 Å². The molecule has 0 fully saturated rings. The maximum Gasteiger partial charge on any atom is 0.0676 e. The molecule has 2 N–H and O–H groups in total. The van der Waals surface area contributed by atoms with Gasteiger partial charge in [0.15, 0.2) is 0 Å². The van der Waals surface area contributed by atoms with Crippen molar-refractivity contribution in [2.75, 3.05) is 0 Å². The van der Waals surface area contributed by atoms with E-state index in [0.29, 0.717) is 14.7 Å². The average Bonchev–Trinajstić information content (AvgIpc) is 1.96. The van der Waals surface area contributed by atoms with Gasteiger partial charge >= 0.3 is 0 Å². The molecule has 3 heteroatoms. The van der Waals surface area contributed by atoms with Gasteiger partial charge in [-0.25, -0.2) is 5.90 Å². The molecule has 2 atom stereocenters. The van der Waals surface area contributed by atoms with Crippen molar-refractivity contribution in [1.82, 2.24) is 0 Å². The van der Waals surface area contributed by atoms with Crippen LogP contribution in [0.1, 0.15) is 27.2 Å². The van der Waals surface area contributed by atoms with Crippen molar-refractivity contribution in [3.63, 3.8) is 0 Å². The minimum atomic E-state index is 0.327. The SMILES string of the molecule is CC1=CC(C)=C(PON)C(C)C1. The van der Waals surface area contributed by atoms with Gasteiger partial charge in [0, 0.05) is 0 Å². The molecule has 2 nitrogen and oxygen atoms in total. The summed E-state index contributed by atoms with van der Waals surface area (Å²) in [5.74, 6) is 5.67. The monoisotopic (exact) mass is 185 g/mol. The summed E-state index contributed by atoms with van der Waals surface area (Å²) in [5.41, 5.74) is 2.78. The molecule has 0 radical (unpaired) electrons. The molecule has 0 bridgehead atoms. The van der Waals surface area contributed by atoms with E-state index in [9.17, 15) is 0 Å². The van der Waals surface area contributed by atoms with Crippen LogP contribution in [0.25, 0.3) is 0 Å². The Bertz CT molecular complexity index is 233. The third-order valence-corrected chi connectivity index (χ3v) is 3.40. The maximum absolute atomic E-state index is 5.08. The van der Waals surface area contributed by atoms with Crippen LogP contribution in [0.2, 0.25) is 0 Å². The Morgan fingerprint density at radius 1 is 1.58 bits per heavy atom. The highest BCUT2D eigenvalue weighted by Crippen LogP contribution is 2.39. The van der Waals surface area contributed by atoms with E-state index in [0.717, 1.165) is 6.42 Å². The number of rotatable bonds is 2. The highest BCUT2D eigenvalue weighted by atomic mass is 31.1. The Morgan fingerprint density at radius 2 is 2.25 bits per heavy atom. The lowest BCUT2D eigenvalue weighted by Gasteiger charge is -2.21. The van der Waals surface area contributed by atoms with Crippen LogP contribution >= 0.6 is 8.81 Å². The Kier molecular flexibility index (Phi) is 3.45. The zero-order valence-corrected chi connectivity index (χ0v) is 8.85. The molecular weight excluding hydrogens is 169 g/mol. The van der Waals surface area contributed by atoms with Crippen molar-refractivity contribution in [2.45, 2.75) is 27.2 Å². The first kappa shape index (κ1) is 9.91. The summed E-state index contributed by atoms with van der Waals surface area (Å²) in [6.07, 6.45) is 3.37. The molecule has 0 heterocycles. The molecular formula is C9H16NOP. The number of hydrogen-bond donors (Lipinski definition) is 1. The van der Waals surface area contributed by atoms with Gasteiger partial charge < -0.3 is 0 Å². The van der Waals surface area contributed by atoms with E-state index in [1.165, 1.54) is 16.5 Å². The standard InChI is InChI=1S/C9H16NOP/c1-6-4-7(2)9(12-11-10)8(3)5-6/h4,8,12H,5,10H2,1-3H3. The van der Waals surface area contributed by atoms with Crippen LogP contribution in [0.3, 0.4) is 0 Å². The van der Waals surface area contributed by atoms with E-state index in [2.05, 4.69) is 26.8 Å². The van der Waals surface area contributed by atoms with Crippen molar-refractivity contribution in [1.29, 1.82) is 0 Å². The summed E-state index contributed by atoms with van der Waals surface area (Å²) >= 11 is 0. The summed E-state index contributed by atoms with van der Waals surface area (Å²) in [6.45, 7) is 6.52. The number of hydrogen-bond acceptors (Lipinski definition) is 2. The summed E-state index contributed by atoms with van der Waals surface area (Å²) < 4.78 is 4.70. The van der Waals surface area contributed by atoms with E-state index < -0.39 is 0 Å². The van der Waals surface area contributed by atoms with E-state index in [1.807, 2.05) is 0 Å². The molecule has 0 aromatic rings. The quantitative estimate of drug-likeness (QED) is 0.530. The topological polar surface area (TPSA) is 35.2 Å². The van der Waals surface area contributed by atoms with E-state index in [4.69, 9.17) is 10.5 Å². The third kappa shape index (κ3) is 2.16. The predicted octanol–water partition coefficient (Wildman–Crippen LogP) is 2.73. The van der Waals surface area contributed by atoms with Crippen LogP contribution in [0.15, 0.2) is 22.5 Å². The molecule has 68 valence electrons. The van der Waals surface area contributed by atoms with Crippen LogP contribution in [0.4, 0.5) is 0 Å². The van der Waals surface area contributed by atoms with E-state index in [1.54, 1.807) is 0 Å².